The van der Waals surface area contributed by atoms with Gasteiger partial charge in [-0.25, -0.2) is 0 Å². The van der Waals surface area contributed by atoms with E-state index in [0.29, 0.717) is 23.1 Å². The Balaban J connectivity index is 1.38. The Bertz CT molecular complexity index is 1580. The molecule has 2 aliphatic rings. The van der Waals surface area contributed by atoms with Crippen LogP contribution in [0.5, 0.6) is 0 Å². The van der Waals surface area contributed by atoms with Gasteiger partial charge in [-0.1, -0.05) is 59.6 Å². The number of hydrogen-bond acceptors (Lipinski definition) is 5. The lowest BCUT2D eigenvalue weighted by Crippen LogP contribution is -2.48. The van der Waals surface area contributed by atoms with Gasteiger partial charge in [0.25, 0.3) is 0 Å². The molecule has 0 aliphatic carbocycles. The van der Waals surface area contributed by atoms with E-state index < -0.39 is 10.8 Å². The first kappa shape index (κ1) is 30.0. The quantitative estimate of drug-likeness (QED) is 0.199. The normalized spacial score (nSPS) is 21.0. The Morgan fingerprint density at radius 2 is 1.77 bits per heavy atom. The van der Waals surface area contributed by atoms with Crippen LogP contribution >= 0.6 is 35.0 Å². The lowest BCUT2D eigenvalue weighted by Gasteiger charge is -2.36. The van der Waals surface area contributed by atoms with Gasteiger partial charge in [0.2, 0.25) is 11.8 Å². The first-order chi connectivity index (χ1) is 20.9. The van der Waals surface area contributed by atoms with Gasteiger partial charge in [0.15, 0.2) is 0 Å². The van der Waals surface area contributed by atoms with Crippen molar-refractivity contribution in [2.75, 3.05) is 39.4 Å². The number of nitrogens with one attached hydrogen (secondary N) is 2. The number of fused-ring (bicyclic) bond motifs is 1. The minimum Gasteiger partial charge on any atom is -0.379 e. The van der Waals surface area contributed by atoms with Crippen LogP contribution in [0.15, 0.2) is 83.9 Å². The highest BCUT2D eigenvalue weighted by molar-refractivity contribution is 8.01. The molecule has 6 rings (SSSR count). The van der Waals surface area contributed by atoms with Gasteiger partial charge in [-0.3, -0.25) is 14.5 Å². The number of ether oxygens (including phenoxy) is 1. The second-order valence-corrected chi connectivity index (χ2v) is 13.3. The number of morpholine rings is 1. The van der Waals surface area contributed by atoms with E-state index in [0.717, 1.165) is 66.2 Å². The molecular weight excluding hydrogens is 603 g/mol. The van der Waals surface area contributed by atoms with Crippen LogP contribution in [0.2, 0.25) is 10.0 Å². The summed E-state index contributed by atoms with van der Waals surface area (Å²) in [6.45, 7) is 5.05. The van der Waals surface area contributed by atoms with Crippen molar-refractivity contribution in [3.05, 3.63) is 100 Å². The molecule has 0 bridgehead atoms. The third-order valence-corrected chi connectivity index (χ3v) is 10.1. The number of benzene rings is 3. The Kier molecular flexibility index (Phi) is 9.31. The third-order valence-electron chi connectivity index (χ3n) is 8.19. The Labute approximate surface area is 265 Å². The number of aromatic nitrogens is 1. The number of rotatable bonds is 10. The summed E-state index contributed by atoms with van der Waals surface area (Å²) in [5.74, 6) is -0.209. The van der Waals surface area contributed by atoms with Crippen LogP contribution in [-0.4, -0.2) is 70.7 Å². The molecule has 43 heavy (non-hydrogen) atoms. The van der Waals surface area contributed by atoms with Crippen molar-refractivity contribution in [1.82, 2.24) is 20.1 Å². The average molecular weight is 638 g/mol. The molecule has 0 saturated carbocycles. The molecule has 2 aliphatic heterocycles. The monoisotopic (exact) mass is 636 g/mol. The fourth-order valence-electron chi connectivity index (χ4n) is 6.07. The van der Waals surface area contributed by atoms with Gasteiger partial charge in [-0.05, 0) is 54.9 Å². The Hall–Kier alpha value is -3.01. The van der Waals surface area contributed by atoms with E-state index >= 15 is 0 Å². The standard InChI is InChI=1S/C33H34Cl2N4O3S/c34-24-9-7-23(8-10-24)22-39-30(40)20-33(43-26-5-2-1-3-6-26,32(41)36-13-4-14-38-15-17-42-18-16-38)31(39)28-21-37-29-19-25(35)11-12-27(28)29/h1-3,5-12,19,21,31,37H,4,13-18,20,22H2,(H,36,41)/t31-,33-/m1/s1. The Morgan fingerprint density at radius 1 is 1.02 bits per heavy atom. The number of halogens is 2. The summed E-state index contributed by atoms with van der Waals surface area (Å²) in [6.07, 6.45) is 2.81. The predicted molar refractivity (Wildman–Crippen MR) is 173 cm³/mol. The molecule has 2 saturated heterocycles. The van der Waals surface area contributed by atoms with E-state index in [1.807, 2.05) is 83.9 Å². The van der Waals surface area contributed by atoms with Crippen molar-refractivity contribution >= 4 is 57.7 Å². The van der Waals surface area contributed by atoms with Crippen molar-refractivity contribution in [2.24, 2.45) is 0 Å². The number of thioether (sulfide) groups is 1. The van der Waals surface area contributed by atoms with Crippen LogP contribution in [0.25, 0.3) is 10.9 Å². The maximum Gasteiger partial charge on any atom is 0.239 e. The molecule has 2 amide bonds. The molecule has 2 fully saturated rings. The average Bonchev–Trinajstić information content (AvgIpc) is 3.54. The zero-order chi connectivity index (χ0) is 29.8. The molecule has 10 heteroatoms. The molecule has 2 N–H and O–H groups in total. The summed E-state index contributed by atoms with van der Waals surface area (Å²) in [5, 5.41) is 5.42. The highest BCUT2D eigenvalue weighted by Crippen LogP contribution is 2.54. The number of carbonyl (C=O) groups excluding carboxylic acids is 2. The summed E-state index contributed by atoms with van der Waals surface area (Å²) in [6, 6.07) is 22.5. The molecule has 1 aromatic heterocycles. The number of likely N-dealkylation sites (tertiary alicyclic amines) is 1. The lowest BCUT2D eigenvalue weighted by molar-refractivity contribution is -0.129. The van der Waals surface area contributed by atoms with Crippen molar-refractivity contribution in [3.8, 4) is 0 Å². The number of aromatic amines is 1. The molecule has 0 radical (unpaired) electrons. The summed E-state index contributed by atoms with van der Waals surface area (Å²) in [5.41, 5.74) is 2.69. The van der Waals surface area contributed by atoms with Crippen molar-refractivity contribution in [2.45, 2.75) is 35.1 Å². The fourth-order valence-corrected chi connectivity index (χ4v) is 7.81. The van der Waals surface area contributed by atoms with E-state index in [9.17, 15) is 9.59 Å². The fraction of sp³-hybridized carbons (Fsp3) is 0.333. The number of hydrogen-bond donors (Lipinski definition) is 2. The molecule has 0 spiro atoms. The molecule has 3 heterocycles. The van der Waals surface area contributed by atoms with E-state index in [1.54, 1.807) is 0 Å². The van der Waals surface area contributed by atoms with Crippen LogP contribution in [0.4, 0.5) is 0 Å². The minimum atomic E-state index is -1.11. The summed E-state index contributed by atoms with van der Waals surface area (Å²) >= 11 is 14.0. The lowest BCUT2D eigenvalue weighted by atomic mass is 9.91. The predicted octanol–water partition coefficient (Wildman–Crippen LogP) is 6.32. The van der Waals surface area contributed by atoms with Crippen molar-refractivity contribution in [1.29, 1.82) is 0 Å². The molecule has 224 valence electrons. The third kappa shape index (κ3) is 6.59. The summed E-state index contributed by atoms with van der Waals surface area (Å²) in [4.78, 5) is 37.0. The highest BCUT2D eigenvalue weighted by Gasteiger charge is 2.58. The first-order valence-electron chi connectivity index (χ1n) is 14.6. The van der Waals surface area contributed by atoms with E-state index in [4.69, 9.17) is 27.9 Å². The number of amides is 2. The molecule has 4 aromatic rings. The molecule has 3 aromatic carbocycles. The van der Waals surface area contributed by atoms with Crippen LogP contribution in [-0.2, 0) is 20.9 Å². The van der Waals surface area contributed by atoms with Crippen LogP contribution < -0.4 is 5.32 Å². The van der Waals surface area contributed by atoms with Gasteiger partial charge >= 0.3 is 0 Å². The summed E-state index contributed by atoms with van der Waals surface area (Å²) in [7, 11) is 0. The van der Waals surface area contributed by atoms with Gasteiger partial charge in [0.1, 0.15) is 4.75 Å². The molecule has 0 unspecified atom stereocenters. The largest absolute Gasteiger partial charge is 0.379 e. The van der Waals surface area contributed by atoms with Gasteiger partial charge in [0, 0.05) is 63.8 Å². The van der Waals surface area contributed by atoms with Gasteiger partial charge in [-0.2, -0.15) is 0 Å². The zero-order valence-electron chi connectivity index (χ0n) is 23.7. The summed E-state index contributed by atoms with van der Waals surface area (Å²) < 4.78 is 4.35. The smallest absolute Gasteiger partial charge is 0.239 e. The number of nitrogens with zero attached hydrogens (tertiary/aromatic N) is 2. The SMILES string of the molecule is O=C1C[C@](Sc2ccccc2)(C(=O)NCCCN2CCOCC2)[C@@H](c2c[nH]c3cc(Cl)ccc23)N1Cc1ccc(Cl)cc1. The minimum absolute atomic E-state index is 0.0698. The molecule has 7 nitrogen and oxygen atoms in total. The second kappa shape index (κ2) is 13.3. The van der Waals surface area contributed by atoms with Crippen molar-refractivity contribution < 1.29 is 14.3 Å². The van der Waals surface area contributed by atoms with Gasteiger partial charge in [0.05, 0.1) is 25.7 Å². The maximum absolute atomic E-state index is 14.5. The second-order valence-electron chi connectivity index (χ2n) is 11.0. The highest BCUT2D eigenvalue weighted by atomic mass is 35.5. The van der Waals surface area contributed by atoms with Crippen LogP contribution in [0, 0.1) is 0 Å². The number of H-pyrrole nitrogens is 1. The molecular formula is C33H34Cl2N4O3S. The number of carbonyl (C=O) groups is 2. The Morgan fingerprint density at radius 3 is 2.53 bits per heavy atom. The van der Waals surface area contributed by atoms with E-state index in [-0.39, 0.29) is 18.2 Å². The van der Waals surface area contributed by atoms with Gasteiger partial charge in [-0.15, -0.1) is 11.8 Å². The molecule has 2 atom stereocenters. The maximum atomic E-state index is 14.5. The van der Waals surface area contributed by atoms with E-state index in [2.05, 4.69) is 15.2 Å². The van der Waals surface area contributed by atoms with Crippen molar-refractivity contribution in [3.63, 3.8) is 0 Å². The van der Waals surface area contributed by atoms with Gasteiger partial charge < -0.3 is 19.9 Å². The first-order valence-corrected chi connectivity index (χ1v) is 16.1. The van der Waals surface area contributed by atoms with Crippen LogP contribution in [0.1, 0.15) is 30.0 Å². The zero-order valence-corrected chi connectivity index (χ0v) is 26.1. The van der Waals surface area contributed by atoms with E-state index in [1.165, 1.54) is 11.8 Å². The van der Waals surface area contributed by atoms with Crippen LogP contribution in [0.3, 0.4) is 0 Å². The topological polar surface area (TPSA) is 77.7 Å².